The van der Waals surface area contributed by atoms with E-state index in [0.717, 1.165) is 0 Å². The van der Waals surface area contributed by atoms with Crippen molar-refractivity contribution in [2.24, 2.45) is 0 Å². The minimum atomic E-state index is -9.17. The molecule has 0 aliphatic carbocycles. The standard InChI is InChI=1S/C13H8F21NO/c1-36-3-2-35-13(33,34)11(28,29)9(24,25)7(20,21)5(16,17)4(14,15)6(18,19)8(22,23)10(26,27)12(30,31)32/h35H,2-3H2,1H3. The maximum atomic E-state index is 13.5. The van der Waals surface area contributed by atoms with Crippen molar-refractivity contribution in [3.05, 3.63) is 0 Å². The Labute approximate surface area is 183 Å². The van der Waals surface area contributed by atoms with Gasteiger partial charge in [0, 0.05) is 13.7 Å². The molecule has 1 N–H and O–H groups in total. The quantitative estimate of drug-likeness (QED) is 0.160. The summed E-state index contributed by atoms with van der Waals surface area (Å²) in [5.74, 6) is -70.2. The van der Waals surface area contributed by atoms with Crippen LogP contribution >= 0.6 is 0 Å². The third-order valence-corrected chi connectivity index (χ3v) is 4.16. The van der Waals surface area contributed by atoms with E-state index in [0.29, 0.717) is 7.11 Å². The van der Waals surface area contributed by atoms with E-state index in [1.807, 2.05) is 0 Å². The first kappa shape index (κ1) is 34.4. The van der Waals surface area contributed by atoms with Gasteiger partial charge in [0.05, 0.1) is 6.61 Å². The number of hydrogen-bond donors (Lipinski definition) is 1. The molecule has 0 aliphatic rings. The lowest BCUT2D eigenvalue weighted by Crippen LogP contribution is -2.77. The zero-order valence-corrected chi connectivity index (χ0v) is 16.3. The van der Waals surface area contributed by atoms with E-state index >= 15 is 0 Å². The van der Waals surface area contributed by atoms with Gasteiger partial charge in [-0.15, -0.1) is 0 Å². The molecule has 218 valence electrons. The number of hydrogen-bond acceptors (Lipinski definition) is 2. The Morgan fingerprint density at radius 1 is 0.417 bits per heavy atom. The van der Waals surface area contributed by atoms with E-state index in [1.54, 1.807) is 0 Å². The van der Waals surface area contributed by atoms with Crippen LogP contribution in [0.4, 0.5) is 92.2 Å². The number of nitrogens with one attached hydrogen (secondary N) is 1. The molecule has 23 heteroatoms. The summed E-state index contributed by atoms with van der Waals surface area (Å²) in [5, 5.41) is 0.0132. The average Bonchev–Trinajstić information content (AvgIpc) is 2.65. The van der Waals surface area contributed by atoms with Crippen LogP contribution in [0.1, 0.15) is 0 Å². The third kappa shape index (κ3) is 4.40. The Hall–Kier alpha value is -1.55. The molecule has 0 saturated heterocycles. The van der Waals surface area contributed by atoms with Gasteiger partial charge in [0.2, 0.25) is 0 Å². The van der Waals surface area contributed by atoms with Crippen LogP contribution in [0.25, 0.3) is 0 Å². The number of rotatable bonds is 12. The lowest BCUT2D eigenvalue weighted by Gasteiger charge is -2.44. The molecule has 0 amide bonds. The van der Waals surface area contributed by atoms with Gasteiger partial charge in [-0.3, -0.25) is 5.32 Å². The Morgan fingerprint density at radius 3 is 0.917 bits per heavy atom. The molecule has 0 aromatic carbocycles. The van der Waals surface area contributed by atoms with Gasteiger partial charge in [0.25, 0.3) is 0 Å². The first-order chi connectivity index (χ1) is 15.3. The third-order valence-electron chi connectivity index (χ3n) is 4.16. The summed E-state index contributed by atoms with van der Waals surface area (Å²) in [6, 6.07) is -6.81. The maximum absolute atomic E-state index is 13.5. The maximum Gasteiger partial charge on any atom is 0.460 e. The highest BCUT2D eigenvalue weighted by molar-refractivity contribution is 5.17. The van der Waals surface area contributed by atoms with Gasteiger partial charge in [-0.05, 0) is 0 Å². The summed E-state index contributed by atoms with van der Waals surface area (Å²) in [7, 11) is 0.640. The Balaban J connectivity index is 6.89. The van der Waals surface area contributed by atoms with Crippen LogP contribution in [0.3, 0.4) is 0 Å². The molecule has 0 unspecified atom stereocenters. The van der Waals surface area contributed by atoms with E-state index in [9.17, 15) is 92.2 Å². The number of alkyl halides is 21. The second-order valence-electron chi connectivity index (χ2n) is 6.59. The molecule has 36 heavy (non-hydrogen) atoms. The van der Waals surface area contributed by atoms with Gasteiger partial charge < -0.3 is 4.74 Å². The van der Waals surface area contributed by atoms with Crippen molar-refractivity contribution in [2.75, 3.05) is 20.3 Å². The molecular formula is C13H8F21NO. The summed E-state index contributed by atoms with van der Waals surface area (Å²) in [6.45, 7) is -2.82. The predicted molar refractivity (Wildman–Crippen MR) is 70.5 cm³/mol. The Kier molecular flexibility index (Phi) is 8.64. The largest absolute Gasteiger partial charge is 0.460 e. The first-order valence-corrected chi connectivity index (χ1v) is 8.02. The van der Waals surface area contributed by atoms with Crippen LogP contribution in [0, 0.1) is 0 Å². The fourth-order valence-corrected chi connectivity index (χ4v) is 1.98. The number of halogens is 21. The van der Waals surface area contributed by atoms with Crippen LogP contribution in [-0.4, -0.2) is 79.9 Å². The van der Waals surface area contributed by atoms with E-state index < -0.39 is 72.8 Å². The highest BCUT2D eigenvalue weighted by Crippen LogP contribution is 2.66. The molecule has 0 spiro atoms. The first-order valence-electron chi connectivity index (χ1n) is 8.02. The molecular weight excluding hydrogens is 585 g/mol. The molecule has 0 bridgehead atoms. The summed E-state index contributed by atoms with van der Waals surface area (Å²) in [6.07, 6.45) is -8.00. The molecule has 0 aromatic rings. The van der Waals surface area contributed by atoms with Crippen LogP contribution in [-0.2, 0) is 4.74 Å². The molecule has 0 rings (SSSR count). The highest BCUT2D eigenvalue weighted by atomic mass is 19.4. The highest BCUT2D eigenvalue weighted by Gasteiger charge is 2.97. The van der Waals surface area contributed by atoms with E-state index in [2.05, 4.69) is 4.74 Å². The molecule has 0 atom stereocenters. The number of ether oxygens (including phenoxy) is 1. The van der Waals surface area contributed by atoms with Crippen molar-refractivity contribution in [1.29, 1.82) is 0 Å². The van der Waals surface area contributed by atoms with Crippen molar-refractivity contribution in [2.45, 2.75) is 59.6 Å². The van der Waals surface area contributed by atoms with Crippen molar-refractivity contribution in [3.8, 4) is 0 Å². The van der Waals surface area contributed by atoms with Gasteiger partial charge >= 0.3 is 59.6 Å². The summed E-state index contributed by atoms with van der Waals surface area (Å²) >= 11 is 0. The second kappa shape index (κ2) is 9.03. The Bertz CT molecular complexity index is 768. The molecule has 0 heterocycles. The molecule has 0 aliphatic heterocycles. The minimum Gasteiger partial charge on any atom is -0.383 e. The van der Waals surface area contributed by atoms with Crippen LogP contribution in [0.5, 0.6) is 0 Å². The van der Waals surface area contributed by atoms with Crippen molar-refractivity contribution in [1.82, 2.24) is 5.32 Å². The topological polar surface area (TPSA) is 21.3 Å². The lowest BCUT2D eigenvalue weighted by atomic mass is 9.87. The van der Waals surface area contributed by atoms with E-state index in [-0.39, 0.29) is 5.32 Å². The second-order valence-corrected chi connectivity index (χ2v) is 6.59. The van der Waals surface area contributed by atoms with Crippen LogP contribution in [0.2, 0.25) is 0 Å². The van der Waals surface area contributed by atoms with Crippen LogP contribution < -0.4 is 5.32 Å². The van der Waals surface area contributed by atoms with E-state index in [1.165, 1.54) is 0 Å². The summed E-state index contributed by atoms with van der Waals surface area (Å²) in [5.41, 5.74) is 0. The average molecular weight is 593 g/mol. The molecule has 0 radical (unpaired) electrons. The molecule has 0 saturated carbocycles. The fraction of sp³-hybridized carbons (Fsp3) is 1.00. The van der Waals surface area contributed by atoms with Crippen LogP contribution in [0.15, 0.2) is 0 Å². The van der Waals surface area contributed by atoms with Gasteiger partial charge in [-0.25, -0.2) is 0 Å². The molecule has 2 nitrogen and oxygen atoms in total. The van der Waals surface area contributed by atoms with Crippen molar-refractivity contribution < 1.29 is 96.9 Å². The normalized spacial score (nSPS) is 16.5. The minimum absolute atomic E-state index is 0.0132. The zero-order chi connectivity index (χ0) is 29.8. The van der Waals surface area contributed by atoms with Gasteiger partial charge in [-0.1, -0.05) is 0 Å². The predicted octanol–water partition coefficient (Wildman–Crippen LogP) is 6.46. The van der Waals surface area contributed by atoms with Crippen molar-refractivity contribution in [3.63, 3.8) is 0 Å². The van der Waals surface area contributed by atoms with Gasteiger partial charge in [-0.2, -0.15) is 92.2 Å². The monoisotopic (exact) mass is 593 g/mol. The fourth-order valence-electron chi connectivity index (χ4n) is 1.98. The van der Waals surface area contributed by atoms with E-state index in [4.69, 9.17) is 0 Å². The van der Waals surface area contributed by atoms with Gasteiger partial charge in [0.15, 0.2) is 0 Å². The Morgan fingerprint density at radius 2 is 0.667 bits per heavy atom. The smallest absolute Gasteiger partial charge is 0.383 e. The summed E-state index contributed by atoms with van der Waals surface area (Å²) in [4.78, 5) is 0. The number of methoxy groups -OCH3 is 1. The lowest BCUT2D eigenvalue weighted by molar-refractivity contribution is -0.475. The molecule has 0 fully saturated rings. The zero-order valence-electron chi connectivity index (χ0n) is 16.3. The summed E-state index contributed by atoms with van der Waals surface area (Å²) < 4.78 is 279. The van der Waals surface area contributed by atoms with Crippen molar-refractivity contribution >= 4 is 0 Å². The van der Waals surface area contributed by atoms with Gasteiger partial charge in [0.1, 0.15) is 0 Å². The molecule has 0 aromatic heterocycles. The SMILES string of the molecule is COCCNC(F)(F)C(F)(F)C(F)(F)C(F)(F)C(F)(F)C(F)(F)C(F)(F)C(F)(F)C(F)(F)C(F)(F)F.